The number of nitrogens with zero attached hydrogens (tertiary/aromatic N) is 3. The molecule has 0 amide bonds. The van der Waals surface area contributed by atoms with Gasteiger partial charge in [-0.05, 0) is 34.4 Å². The third-order valence-corrected chi connectivity index (χ3v) is 2.73. The smallest absolute Gasteiger partial charge is 0.327 e. The molecule has 102 valence electrons. The number of nitrogen functional groups attached to an aromatic ring is 1. The molecule has 0 aliphatic heterocycles. The third kappa shape index (κ3) is 4.03. The Kier molecular flexibility index (Phi) is 5.15. The highest BCUT2D eigenvalue weighted by atomic mass is 16.5. The molecule has 0 radical (unpaired) electrons. The predicted molar refractivity (Wildman–Crippen MR) is 70.2 cm³/mol. The van der Waals surface area contributed by atoms with Gasteiger partial charge < -0.3 is 15.4 Å². The highest BCUT2D eigenvalue weighted by molar-refractivity contribution is 5.69. The van der Waals surface area contributed by atoms with Gasteiger partial charge in [0.2, 0.25) is 0 Å². The van der Waals surface area contributed by atoms with Crippen LogP contribution < -0.4 is 5.73 Å². The van der Waals surface area contributed by atoms with E-state index in [0.717, 1.165) is 24.4 Å². The number of esters is 1. The number of anilines is 1. The summed E-state index contributed by atoms with van der Waals surface area (Å²) in [6, 6.07) is 0. The number of aromatic nitrogens is 2. The normalized spacial score (nSPS) is 10.9. The molecule has 0 spiro atoms. The van der Waals surface area contributed by atoms with Crippen LogP contribution in [0.1, 0.15) is 17.8 Å². The van der Waals surface area contributed by atoms with E-state index in [4.69, 9.17) is 10.5 Å². The molecule has 0 saturated carbocycles. The molecule has 0 bridgehead atoms. The lowest BCUT2D eigenvalue weighted by molar-refractivity contribution is -0.144. The first-order valence-corrected chi connectivity index (χ1v) is 6.01. The fourth-order valence-corrected chi connectivity index (χ4v) is 1.60. The molecule has 1 aromatic rings. The summed E-state index contributed by atoms with van der Waals surface area (Å²) in [4.78, 5) is 13.6. The van der Waals surface area contributed by atoms with Gasteiger partial charge in [0.25, 0.3) is 0 Å². The molecule has 1 rings (SSSR count). The van der Waals surface area contributed by atoms with E-state index in [1.165, 1.54) is 0 Å². The minimum Gasteiger partial charge on any atom is -0.464 e. The van der Waals surface area contributed by atoms with Crippen molar-refractivity contribution in [1.82, 2.24) is 14.7 Å². The Bertz CT molecular complexity index is 412. The second-order valence-electron chi connectivity index (χ2n) is 4.62. The van der Waals surface area contributed by atoms with E-state index in [1.807, 2.05) is 27.9 Å². The highest BCUT2D eigenvalue weighted by Gasteiger charge is 2.12. The SMILES string of the molecule is Cc1nn(CC(=O)OCCCN(C)C)c(C)c1N. The Labute approximate surface area is 108 Å². The van der Waals surface area contributed by atoms with Crippen LogP contribution in [0.25, 0.3) is 0 Å². The molecule has 0 fully saturated rings. The first-order valence-electron chi connectivity index (χ1n) is 6.01. The molecule has 1 aromatic heterocycles. The summed E-state index contributed by atoms with van der Waals surface area (Å²) >= 11 is 0. The molecular weight excluding hydrogens is 232 g/mol. The molecule has 0 aliphatic rings. The van der Waals surface area contributed by atoms with Crippen molar-refractivity contribution < 1.29 is 9.53 Å². The second kappa shape index (κ2) is 6.39. The lowest BCUT2D eigenvalue weighted by Crippen LogP contribution is -2.19. The van der Waals surface area contributed by atoms with Crippen molar-refractivity contribution in [2.24, 2.45) is 0 Å². The monoisotopic (exact) mass is 254 g/mol. The van der Waals surface area contributed by atoms with E-state index in [1.54, 1.807) is 4.68 Å². The van der Waals surface area contributed by atoms with Gasteiger partial charge in [-0.15, -0.1) is 0 Å². The van der Waals surface area contributed by atoms with Crippen LogP contribution in [0.15, 0.2) is 0 Å². The van der Waals surface area contributed by atoms with Gasteiger partial charge >= 0.3 is 5.97 Å². The molecule has 0 aliphatic carbocycles. The summed E-state index contributed by atoms with van der Waals surface area (Å²) in [5.41, 5.74) is 7.97. The van der Waals surface area contributed by atoms with Crippen molar-refractivity contribution >= 4 is 11.7 Å². The van der Waals surface area contributed by atoms with Crippen molar-refractivity contribution in [1.29, 1.82) is 0 Å². The molecule has 0 unspecified atom stereocenters. The third-order valence-electron chi connectivity index (χ3n) is 2.73. The largest absolute Gasteiger partial charge is 0.464 e. The standard InChI is InChI=1S/C12H22N4O2/c1-9-12(13)10(2)16(14-9)8-11(17)18-7-5-6-15(3)4/h5-8,13H2,1-4H3. The number of rotatable bonds is 6. The first-order chi connectivity index (χ1) is 8.41. The van der Waals surface area contributed by atoms with Crippen molar-refractivity contribution in [3.8, 4) is 0 Å². The second-order valence-corrected chi connectivity index (χ2v) is 4.62. The van der Waals surface area contributed by atoms with Gasteiger partial charge in [0.15, 0.2) is 0 Å². The van der Waals surface area contributed by atoms with Crippen LogP contribution in [0.3, 0.4) is 0 Å². The van der Waals surface area contributed by atoms with Crippen molar-refractivity contribution in [3.05, 3.63) is 11.4 Å². The number of nitrogens with two attached hydrogens (primary N) is 1. The Morgan fingerprint density at radius 2 is 2.11 bits per heavy atom. The Morgan fingerprint density at radius 3 is 2.61 bits per heavy atom. The number of aryl methyl sites for hydroxylation is 1. The Balaban J connectivity index is 2.38. The van der Waals surface area contributed by atoms with Crippen LogP contribution in [0.5, 0.6) is 0 Å². The quantitative estimate of drug-likeness (QED) is 0.593. The predicted octanol–water partition coefficient (Wildman–Crippen LogP) is 0.577. The first kappa shape index (κ1) is 14.5. The summed E-state index contributed by atoms with van der Waals surface area (Å²) in [6.07, 6.45) is 0.831. The number of carbonyl (C=O) groups is 1. The maximum atomic E-state index is 11.6. The van der Waals surface area contributed by atoms with Gasteiger partial charge in [0.05, 0.1) is 23.7 Å². The molecule has 18 heavy (non-hydrogen) atoms. The minimum atomic E-state index is -0.278. The van der Waals surface area contributed by atoms with E-state index in [2.05, 4.69) is 10.00 Å². The van der Waals surface area contributed by atoms with E-state index in [0.29, 0.717) is 12.3 Å². The lowest BCUT2D eigenvalue weighted by atomic mass is 10.3. The fraction of sp³-hybridized carbons (Fsp3) is 0.667. The van der Waals surface area contributed by atoms with Crippen molar-refractivity contribution in [2.45, 2.75) is 26.8 Å². The molecule has 0 atom stereocenters. The number of hydrogen-bond acceptors (Lipinski definition) is 5. The maximum absolute atomic E-state index is 11.6. The van der Waals surface area contributed by atoms with Gasteiger partial charge in [-0.1, -0.05) is 0 Å². The van der Waals surface area contributed by atoms with Crippen molar-refractivity contribution in [2.75, 3.05) is 33.0 Å². The number of carbonyl (C=O) groups excluding carboxylic acids is 1. The van der Waals surface area contributed by atoms with Crippen LogP contribution in [0.2, 0.25) is 0 Å². The van der Waals surface area contributed by atoms with Crippen LogP contribution in [0.4, 0.5) is 5.69 Å². The number of hydrogen-bond donors (Lipinski definition) is 1. The van der Waals surface area contributed by atoms with Crippen LogP contribution in [0, 0.1) is 13.8 Å². The van der Waals surface area contributed by atoms with Crippen LogP contribution in [-0.4, -0.2) is 47.9 Å². The summed E-state index contributed by atoms with van der Waals surface area (Å²) < 4.78 is 6.72. The molecule has 6 nitrogen and oxygen atoms in total. The summed E-state index contributed by atoms with van der Waals surface area (Å²) in [5, 5.41) is 4.19. The zero-order valence-electron chi connectivity index (χ0n) is 11.6. The minimum absolute atomic E-state index is 0.117. The van der Waals surface area contributed by atoms with E-state index in [-0.39, 0.29) is 12.5 Å². The lowest BCUT2D eigenvalue weighted by Gasteiger charge is -2.10. The van der Waals surface area contributed by atoms with Crippen LogP contribution >= 0.6 is 0 Å². The average molecular weight is 254 g/mol. The molecule has 6 heteroatoms. The molecular formula is C12H22N4O2. The van der Waals surface area contributed by atoms with Crippen LogP contribution in [-0.2, 0) is 16.1 Å². The Hall–Kier alpha value is -1.56. The highest BCUT2D eigenvalue weighted by Crippen LogP contribution is 2.14. The molecule has 0 saturated heterocycles. The van der Waals surface area contributed by atoms with Gasteiger partial charge in [-0.2, -0.15) is 5.10 Å². The van der Waals surface area contributed by atoms with Gasteiger partial charge in [0, 0.05) is 6.54 Å². The van der Waals surface area contributed by atoms with Gasteiger partial charge in [-0.3, -0.25) is 9.48 Å². The van der Waals surface area contributed by atoms with Crippen molar-refractivity contribution in [3.63, 3.8) is 0 Å². The van der Waals surface area contributed by atoms with E-state index >= 15 is 0 Å². The topological polar surface area (TPSA) is 73.4 Å². The summed E-state index contributed by atoms with van der Waals surface area (Å²) in [6.45, 7) is 5.12. The molecule has 1 heterocycles. The summed E-state index contributed by atoms with van der Waals surface area (Å²) in [7, 11) is 3.97. The fourth-order valence-electron chi connectivity index (χ4n) is 1.60. The van der Waals surface area contributed by atoms with Gasteiger partial charge in [-0.25, -0.2) is 0 Å². The summed E-state index contributed by atoms with van der Waals surface area (Å²) in [5.74, 6) is -0.278. The zero-order chi connectivity index (χ0) is 13.7. The van der Waals surface area contributed by atoms with E-state index < -0.39 is 0 Å². The Morgan fingerprint density at radius 1 is 1.44 bits per heavy atom. The number of ether oxygens (including phenoxy) is 1. The zero-order valence-corrected chi connectivity index (χ0v) is 11.6. The van der Waals surface area contributed by atoms with E-state index in [9.17, 15) is 4.79 Å². The maximum Gasteiger partial charge on any atom is 0.327 e. The average Bonchev–Trinajstić information content (AvgIpc) is 2.52. The molecule has 2 N–H and O–H groups in total. The van der Waals surface area contributed by atoms with Gasteiger partial charge in [0.1, 0.15) is 6.54 Å². The molecule has 0 aromatic carbocycles.